The second-order valence-electron chi connectivity index (χ2n) is 4.20. The number of hydrogen-bond acceptors (Lipinski definition) is 2. The summed E-state index contributed by atoms with van der Waals surface area (Å²) in [4.78, 5) is 15.8. The van der Waals surface area contributed by atoms with Crippen LogP contribution < -0.4 is 5.32 Å². The fraction of sp³-hybridized carbons (Fsp3) is 0.900. The molecule has 0 aromatic carbocycles. The molecule has 0 saturated carbocycles. The third kappa shape index (κ3) is 1.85. The molecule has 0 bridgehead atoms. The second kappa shape index (κ2) is 4.17. The molecule has 0 radical (unpaired) electrons. The normalized spacial score (nSPS) is 23.5. The van der Waals surface area contributed by atoms with E-state index >= 15 is 0 Å². The highest BCUT2D eigenvalue weighted by molar-refractivity contribution is 5.75. The fourth-order valence-electron chi connectivity index (χ4n) is 2.04. The van der Waals surface area contributed by atoms with Gasteiger partial charge >= 0.3 is 6.03 Å². The van der Waals surface area contributed by atoms with E-state index in [0.717, 1.165) is 45.2 Å². The summed E-state index contributed by atoms with van der Waals surface area (Å²) in [6.45, 7) is 7.75. The van der Waals surface area contributed by atoms with Crippen LogP contribution in [-0.2, 0) is 0 Å². The van der Waals surface area contributed by atoms with E-state index < -0.39 is 0 Å². The van der Waals surface area contributed by atoms with Crippen molar-refractivity contribution in [2.24, 2.45) is 5.92 Å². The Labute approximate surface area is 85.2 Å². The van der Waals surface area contributed by atoms with E-state index in [4.69, 9.17) is 0 Å². The molecule has 0 unspecified atom stereocenters. The molecule has 2 saturated heterocycles. The maximum Gasteiger partial charge on any atom is 0.320 e. The quantitative estimate of drug-likeness (QED) is 0.658. The van der Waals surface area contributed by atoms with Crippen molar-refractivity contribution in [2.75, 3.05) is 39.3 Å². The summed E-state index contributed by atoms with van der Waals surface area (Å²) in [6, 6.07) is 0.246. The smallest absolute Gasteiger partial charge is 0.320 e. The van der Waals surface area contributed by atoms with Gasteiger partial charge in [-0.15, -0.1) is 0 Å². The minimum atomic E-state index is 0.246. The Hall–Kier alpha value is -0.770. The van der Waals surface area contributed by atoms with Crippen molar-refractivity contribution in [3.05, 3.63) is 0 Å². The number of likely N-dealkylation sites (tertiary alicyclic amines) is 1. The molecule has 1 N–H and O–H groups in total. The van der Waals surface area contributed by atoms with Crippen molar-refractivity contribution in [1.29, 1.82) is 0 Å². The van der Waals surface area contributed by atoms with E-state index in [0.29, 0.717) is 0 Å². The number of nitrogens with one attached hydrogen (secondary N) is 1. The van der Waals surface area contributed by atoms with Crippen LogP contribution in [0, 0.1) is 5.92 Å². The van der Waals surface area contributed by atoms with Gasteiger partial charge < -0.3 is 15.1 Å². The van der Waals surface area contributed by atoms with Crippen LogP contribution in [0.1, 0.15) is 13.3 Å². The highest BCUT2D eigenvalue weighted by Gasteiger charge is 2.32. The number of amides is 2. The molecule has 0 aromatic heterocycles. The van der Waals surface area contributed by atoms with Gasteiger partial charge in [0.1, 0.15) is 0 Å². The summed E-state index contributed by atoms with van der Waals surface area (Å²) in [5, 5.41) is 3.25. The molecule has 80 valence electrons. The fourth-order valence-corrected chi connectivity index (χ4v) is 2.04. The predicted molar refractivity (Wildman–Crippen MR) is 55.2 cm³/mol. The highest BCUT2D eigenvalue weighted by atomic mass is 16.2. The number of carbonyl (C=O) groups excluding carboxylic acids is 1. The lowest BCUT2D eigenvalue weighted by atomic mass is 9.98. The Morgan fingerprint density at radius 1 is 1.29 bits per heavy atom. The summed E-state index contributed by atoms with van der Waals surface area (Å²) in [6.07, 6.45) is 1.20. The van der Waals surface area contributed by atoms with Gasteiger partial charge in [0.25, 0.3) is 0 Å². The lowest BCUT2D eigenvalue weighted by Crippen LogP contribution is -2.58. The minimum absolute atomic E-state index is 0.246. The molecule has 0 spiro atoms. The van der Waals surface area contributed by atoms with Gasteiger partial charge in [0.05, 0.1) is 0 Å². The topological polar surface area (TPSA) is 35.6 Å². The van der Waals surface area contributed by atoms with Crippen LogP contribution in [0.25, 0.3) is 0 Å². The first-order chi connectivity index (χ1) is 6.81. The number of piperazine rings is 1. The Balaban J connectivity index is 1.78. The summed E-state index contributed by atoms with van der Waals surface area (Å²) in [5.74, 6) is 0.752. The molecule has 4 nitrogen and oxygen atoms in total. The van der Waals surface area contributed by atoms with Crippen LogP contribution in [0.4, 0.5) is 4.79 Å². The van der Waals surface area contributed by atoms with Crippen LogP contribution in [0.15, 0.2) is 0 Å². The van der Waals surface area contributed by atoms with Crippen LogP contribution in [0.2, 0.25) is 0 Å². The zero-order valence-electron chi connectivity index (χ0n) is 8.83. The number of carbonyl (C=O) groups is 1. The largest absolute Gasteiger partial charge is 0.324 e. The molecule has 2 aliphatic heterocycles. The molecule has 2 heterocycles. The van der Waals surface area contributed by atoms with Crippen LogP contribution in [0.5, 0.6) is 0 Å². The molecule has 0 aliphatic carbocycles. The Bertz CT molecular complexity index is 207. The molecule has 0 atom stereocenters. The van der Waals surface area contributed by atoms with Gasteiger partial charge in [-0.2, -0.15) is 0 Å². The van der Waals surface area contributed by atoms with Gasteiger partial charge in [-0.05, 0) is 12.3 Å². The van der Waals surface area contributed by atoms with Crippen molar-refractivity contribution < 1.29 is 4.79 Å². The average molecular weight is 197 g/mol. The molecule has 4 heteroatoms. The van der Waals surface area contributed by atoms with Gasteiger partial charge in [0.2, 0.25) is 0 Å². The maximum absolute atomic E-state index is 11.9. The van der Waals surface area contributed by atoms with E-state index in [1.54, 1.807) is 0 Å². The monoisotopic (exact) mass is 197 g/mol. The van der Waals surface area contributed by atoms with Gasteiger partial charge in [-0.25, -0.2) is 4.79 Å². The second-order valence-corrected chi connectivity index (χ2v) is 4.20. The Morgan fingerprint density at radius 2 is 1.93 bits per heavy atom. The molecular formula is C10H19N3O. The number of nitrogens with zero attached hydrogens (tertiary/aromatic N) is 2. The maximum atomic E-state index is 11.9. The highest BCUT2D eigenvalue weighted by Crippen LogP contribution is 2.20. The number of urea groups is 1. The summed E-state index contributed by atoms with van der Waals surface area (Å²) >= 11 is 0. The Morgan fingerprint density at radius 3 is 2.50 bits per heavy atom. The molecule has 2 fully saturated rings. The SMILES string of the molecule is CCC1CN(C(=O)N2CCNCC2)C1. The zero-order chi connectivity index (χ0) is 9.97. The first kappa shape index (κ1) is 9.77. The van der Waals surface area contributed by atoms with E-state index in [1.165, 1.54) is 6.42 Å². The van der Waals surface area contributed by atoms with Crippen molar-refractivity contribution in [1.82, 2.24) is 15.1 Å². The minimum Gasteiger partial charge on any atom is -0.324 e. The van der Waals surface area contributed by atoms with E-state index in [2.05, 4.69) is 12.2 Å². The lowest BCUT2D eigenvalue weighted by molar-refractivity contribution is 0.0856. The van der Waals surface area contributed by atoms with Crippen molar-refractivity contribution in [2.45, 2.75) is 13.3 Å². The standard InChI is InChI=1S/C10H19N3O/c1-2-9-7-13(8-9)10(14)12-5-3-11-4-6-12/h9,11H,2-8H2,1H3. The molecule has 2 aliphatic rings. The van der Waals surface area contributed by atoms with Crippen molar-refractivity contribution >= 4 is 6.03 Å². The number of hydrogen-bond donors (Lipinski definition) is 1. The third-order valence-corrected chi connectivity index (χ3v) is 3.19. The van der Waals surface area contributed by atoms with Crippen molar-refractivity contribution in [3.63, 3.8) is 0 Å². The molecule has 14 heavy (non-hydrogen) atoms. The summed E-state index contributed by atoms with van der Waals surface area (Å²) in [7, 11) is 0. The molecular weight excluding hydrogens is 178 g/mol. The zero-order valence-corrected chi connectivity index (χ0v) is 8.83. The van der Waals surface area contributed by atoms with E-state index in [9.17, 15) is 4.79 Å². The summed E-state index contributed by atoms with van der Waals surface area (Å²) < 4.78 is 0. The predicted octanol–water partition coefficient (Wildman–Crippen LogP) is 0.353. The first-order valence-corrected chi connectivity index (χ1v) is 5.56. The summed E-state index contributed by atoms with van der Waals surface area (Å²) in [5.41, 5.74) is 0. The van der Waals surface area contributed by atoms with Gasteiger partial charge in [-0.3, -0.25) is 0 Å². The van der Waals surface area contributed by atoms with E-state index in [-0.39, 0.29) is 6.03 Å². The molecule has 2 amide bonds. The van der Waals surface area contributed by atoms with Gasteiger partial charge in [0.15, 0.2) is 0 Å². The molecule has 2 rings (SSSR count). The van der Waals surface area contributed by atoms with Crippen molar-refractivity contribution in [3.8, 4) is 0 Å². The van der Waals surface area contributed by atoms with E-state index in [1.807, 2.05) is 9.80 Å². The number of rotatable bonds is 1. The van der Waals surface area contributed by atoms with Gasteiger partial charge in [-0.1, -0.05) is 6.92 Å². The third-order valence-electron chi connectivity index (χ3n) is 3.19. The van der Waals surface area contributed by atoms with Crippen LogP contribution >= 0.6 is 0 Å². The average Bonchev–Trinajstić information content (AvgIpc) is 2.17. The van der Waals surface area contributed by atoms with Crippen LogP contribution in [0.3, 0.4) is 0 Å². The van der Waals surface area contributed by atoms with Gasteiger partial charge in [0, 0.05) is 39.3 Å². The molecule has 0 aromatic rings. The van der Waals surface area contributed by atoms with Crippen LogP contribution in [-0.4, -0.2) is 55.1 Å². The lowest BCUT2D eigenvalue weighted by Gasteiger charge is -2.42. The first-order valence-electron chi connectivity index (χ1n) is 5.56. The Kier molecular flexibility index (Phi) is 2.91.